The molecular formula is C14H12ClNO. The maximum absolute atomic E-state index is 5.99. The number of halogens is 1. The van der Waals surface area contributed by atoms with Crippen LogP contribution in [-0.2, 0) is 0 Å². The standard InChI is InChI=1S/C14H12ClNO/c1-9-11-4-2-3-5-13(11)17-14-7-6-10(15)8-12(14)16-9/h2-9,16H,1H3. The normalized spacial score (nSPS) is 17.2. The number of anilines is 1. The lowest BCUT2D eigenvalue weighted by atomic mass is 10.1. The highest BCUT2D eigenvalue weighted by Gasteiger charge is 2.18. The third kappa shape index (κ3) is 1.85. The van der Waals surface area contributed by atoms with Crippen molar-refractivity contribution in [1.82, 2.24) is 0 Å². The molecule has 2 aromatic carbocycles. The minimum Gasteiger partial charge on any atom is -0.455 e. The smallest absolute Gasteiger partial charge is 0.150 e. The molecule has 0 radical (unpaired) electrons. The Hall–Kier alpha value is -1.67. The van der Waals surface area contributed by atoms with Gasteiger partial charge in [-0.1, -0.05) is 29.8 Å². The summed E-state index contributed by atoms with van der Waals surface area (Å²) in [7, 11) is 0. The van der Waals surface area contributed by atoms with Crippen LogP contribution in [-0.4, -0.2) is 0 Å². The zero-order valence-electron chi connectivity index (χ0n) is 9.41. The average molecular weight is 246 g/mol. The Labute approximate surface area is 105 Å². The van der Waals surface area contributed by atoms with Crippen LogP contribution in [0.3, 0.4) is 0 Å². The molecule has 1 aliphatic heterocycles. The quantitative estimate of drug-likeness (QED) is 0.731. The maximum Gasteiger partial charge on any atom is 0.150 e. The van der Waals surface area contributed by atoms with Gasteiger partial charge in [-0.2, -0.15) is 0 Å². The van der Waals surface area contributed by atoms with Crippen LogP contribution in [0.1, 0.15) is 18.5 Å². The molecule has 1 unspecified atom stereocenters. The second-order valence-electron chi connectivity index (χ2n) is 4.15. The Morgan fingerprint density at radius 2 is 1.94 bits per heavy atom. The van der Waals surface area contributed by atoms with Crippen molar-refractivity contribution in [2.45, 2.75) is 13.0 Å². The van der Waals surface area contributed by atoms with Gasteiger partial charge in [0.05, 0.1) is 11.7 Å². The van der Waals surface area contributed by atoms with Crippen LogP contribution < -0.4 is 10.1 Å². The molecule has 0 bridgehead atoms. The Balaban J connectivity index is 2.13. The van der Waals surface area contributed by atoms with Crippen LogP contribution in [0, 0.1) is 0 Å². The number of hydrogen-bond acceptors (Lipinski definition) is 2. The number of fused-ring (bicyclic) bond motifs is 2. The van der Waals surface area contributed by atoms with Crippen molar-refractivity contribution < 1.29 is 4.74 Å². The first-order valence-corrected chi connectivity index (χ1v) is 5.95. The van der Waals surface area contributed by atoms with Gasteiger partial charge in [0.25, 0.3) is 0 Å². The Morgan fingerprint density at radius 3 is 2.82 bits per heavy atom. The summed E-state index contributed by atoms with van der Waals surface area (Å²) in [4.78, 5) is 0. The van der Waals surface area contributed by atoms with Crippen molar-refractivity contribution in [2.24, 2.45) is 0 Å². The summed E-state index contributed by atoms with van der Waals surface area (Å²) in [5.74, 6) is 1.71. The van der Waals surface area contributed by atoms with Gasteiger partial charge >= 0.3 is 0 Å². The van der Waals surface area contributed by atoms with Gasteiger partial charge in [0.2, 0.25) is 0 Å². The molecule has 1 N–H and O–H groups in total. The molecule has 0 spiro atoms. The molecule has 17 heavy (non-hydrogen) atoms. The minimum atomic E-state index is 0.200. The lowest BCUT2D eigenvalue weighted by Crippen LogP contribution is -2.04. The van der Waals surface area contributed by atoms with Gasteiger partial charge in [0.1, 0.15) is 5.75 Å². The van der Waals surface area contributed by atoms with E-state index in [0.717, 1.165) is 22.7 Å². The van der Waals surface area contributed by atoms with Gasteiger partial charge in [-0.05, 0) is 31.2 Å². The van der Waals surface area contributed by atoms with E-state index in [0.29, 0.717) is 5.02 Å². The van der Waals surface area contributed by atoms with Gasteiger partial charge in [-0.3, -0.25) is 0 Å². The zero-order valence-corrected chi connectivity index (χ0v) is 10.2. The predicted molar refractivity (Wildman–Crippen MR) is 70.0 cm³/mol. The van der Waals surface area contributed by atoms with Crippen LogP contribution in [0.15, 0.2) is 42.5 Å². The Bertz CT molecular complexity index is 568. The second kappa shape index (κ2) is 3.97. The number of benzene rings is 2. The highest BCUT2D eigenvalue weighted by Crippen LogP contribution is 2.40. The van der Waals surface area contributed by atoms with Crippen molar-refractivity contribution in [1.29, 1.82) is 0 Å². The van der Waals surface area contributed by atoms with Crippen molar-refractivity contribution in [3.63, 3.8) is 0 Å². The van der Waals surface area contributed by atoms with Crippen molar-refractivity contribution in [2.75, 3.05) is 5.32 Å². The summed E-state index contributed by atoms with van der Waals surface area (Å²) in [6.45, 7) is 2.11. The van der Waals surface area contributed by atoms with E-state index in [1.807, 2.05) is 36.4 Å². The lowest BCUT2D eigenvalue weighted by molar-refractivity contribution is 0.482. The van der Waals surface area contributed by atoms with E-state index in [2.05, 4.69) is 18.3 Å². The van der Waals surface area contributed by atoms with E-state index in [1.165, 1.54) is 0 Å². The maximum atomic E-state index is 5.99. The van der Waals surface area contributed by atoms with Crippen LogP contribution in [0.2, 0.25) is 5.02 Å². The topological polar surface area (TPSA) is 21.3 Å². The first kappa shape index (κ1) is 10.5. The predicted octanol–water partition coefficient (Wildman–Crippen LogP) is 4.62. The second-order valence-corrected chi connectivity index (χ2v) is 4.58. The number of ether oxygens (including phenoxy) is 1. The number of nitrogens with one attached hydrogen (secondary N) is 1. The molecule has 0 aliphatic carbocycles. The summed E-state index contributed by atoms with van der Waals surface area (Å²) >= 11 is 5.99. The Kier molecular flexibility index (Phi) is 2.45. The summed E-state index contributed by atoms with van der Waals surface area (Å²) in [6.07, 6.45) is 0. The van der Waals surface area contributed by atoms with Gasteiger partial charge in [0, 0.05) is 10.6 Å². The molecule has 3 rings (SSSR count). The van der Waals surface area contributed by atoms with Gasteiger partial charge < -0.3 is 10.1 Å². The number of para-hydroxylation sites is 1. The molecule has 0 saturated carbocycles. The number of hydrogen-bond donors (Lipinski definition) is 1. The molecule has 86 valence electrons. The largest absolute Gasteiger partial charge is 0.455 e. The van der Waals surface area contributed by atoms with Crippen LogP contribution in [0.5, 0.6) is 11.5 Å². The molecule has 0 aromatic heterocycles. The van der Waals surface area contributed by atoms with Crippen molar-refractivity contribution in [3.8, 4) is 11.5 Å². The first-order chi connectivity index (χ1) is 8.24. The molecular weight excluding hydrogens is 234 g/mol. The molecule has 1 heterocycles. The molecule has 0 saturated heterocycles. The molecule has 0 fully saturated rings. The van der Waals surface area contributed by atoms with Crippen molar-refractivity contribution >= 4 is 17.3 Å². The zero-order chi connectivity index (χ0) is 11.8. The monoisotopic (exact) mass is 245 g/mol. The summed E-state index contributed by atoms with van der Waals surface area (Å²) in [5, 5.41) is 4.12. The molecule has 3 heteroatoms. The Morgan fingerprint density at radius 1 is 1.12 bits per heavy atom. The fourth-order valence-corrected chi connectivity index (χ4v) is 2.24. The van der Waals surface area contributed by atoms with E-state index in [1.54, 1.807) is 0 Å². The molecule has 1 aliphatic rings. The third-order valence-electron chi connectivity index (χ3n) is 2.92. The highest BCUT2D eigenvalue weighted by atomic mass is 35.5. The molecule has 0 amide bonds. The van der Waals surface area contributed by atoms with Crippen molar-refractivity contribution in [3.05, 3.63) is 53.1 Å². The SMILES string of the molecule is CC1Nc2cc(Cl)ccc2Oc2ccccc21. The average Bonchev–Trinajstić information content (AvgIpc) is 2.46. The molecule has 1 atom stereocenters. The van der Waals surface area contributed by atoms with Crippen LogP contribution in [0.25, 0.3) is 0 Å². The van der Waals surface area contributed by atoms with Crippen LogP contribution in [0.4, 0.5) is 5.69 Å². The molecule has 2 aromatic rings. The first-order valence-electron chi connectivity index (χ1n) is 5.57. The fourth-order valence-electron chi connectivity index (χ4n) is 2.06. The third-order valence-corrected chi connectivity index (χ3v) is 3.15. The summed E-state index contributed by atoms with van der Waals surface area (Å²) < 4.78 is 5.91. The molecule has 2 nitrogen and oxygen atoms in total. The summed E-state index contributed by atoms with van der Waals surface area (Å²) in [6, 6.07) is 13.9. The summed E-state index contributed by atoms with van der Waals surface area (Å²) in [5.41, 5.74) is 2.08. The van der Waals surface area contributed by atoms with E-state index >= 15 is 0 Å². The van der Waals surface area contributed by atoms with E-state index in [-0.39, 0.29) is 6.04 Å². The fraction of sp³-hybridized carbons (Fsp3) is 0.143. The lowest BCUT2D eigenvalue weighted by Gasteiger charge is -2.13. The van der Waals surface area contributed by atoms with Crippen LogP contribution >= 0.6 is 11.6 Å². The van der Waals surface area contributed by atoms with Gasteiger partial charge in [-0.15, -0.1) is 0 Å². The van der Waals surface area contributed by atoms with E-state index < -0.39 is 0 Å². The minimum absolute atomic E-state index is 0.200. The van der Waals surface area contributed by atoms with Gasteiger partial charge in [0.15, 0.2) is 5.75 Å². The number of rotatable bonds is 0. The highest BCUT2D eigenvalue weighted by molar-refractivity contribution is 6.30. The van der Waals surface area contributed by atoms with E-state index in [9.17, 15) is 0 Å². The van der Waals surface area contributed by atoms with E-state index in [4.69, 9.17) is 16.3 Å². The van der Waals surface area contributed by atoms with Gasteiger partial charge in [-0.25, -0.2) is 0 Å².